The third kappa shape index (κ3) is 17.4. The third-order valence-corrected chi connectivity index (χ3v) is 12.9. The minimum absolute atomic E-state index is 0.00849. The summed E-state index contributed by atoms with van der Waals surface area (Å²) in [6.07, 6.45) is 31.5. The summed E-state index contributed by atoms with van der Waals surface area (Å²) in [7, 11) is 0. The van der Waals surface area contributed by atoms with Crippen LogP contribution in [0.5, 0.6) is 5.75 Å². The molecule has 374 valence electrons. The number of fused-ring (bicyclic) bond motifs is 1. The number of pyridine rings is 1. The number of alkyl carbamates (subject to hydrolysis) is 1. The number of aryl methyl sites for hydroxylation is 1. The van der Waals surface area contributed by atoms with Crippen LogP contribution in [0.4, 0.5) is 15.0 Å². The minimum Gasteiger partial charge on any atom is -0.489 e. The second-order valence-corrected chi connectivity index (χ2v) is 20.2. The van der Waals surface area contributed by atoms with E-state index in [4.69, 9.17) is 31.2 Å². The third-order valence-electron chi connectivity index (χ3n) is 12.7. The minimum atomic E-state index is -0.754. The molecule has 3 aromatic heterocycles. The number of H-pyrrole nitrogens is 1. The van der Waals surface area contributed by atoms with Gasteiger partial charge in [0.15, 0.2) is 5.82 Å². The Hall–Kier alpha value is -4.70. The lowest BCUT2D eigenvalue weighted by molar-refractivity contribution is 0.0523. The van der Waals surface area contributed by atoms with Gasteiger partial charge in [-0.1, -0.05) is 167 Å². The van der Waals surface area contributed by atoms with Crippen molar-refractivity contribution in [2.24, 2.45) is 0 Å². The highest BCUT2D eigenvalue weighted by Crippen LogP contribution is 2.43. The summed E-state index contributed by atoms with van der Waals surface area (Å²) in [5, 5.41) is 29.3. The Balaban J connectivity index is 1.44. The van der Waals surface area contributed by atoms with Crippen molar-refractivity contribution in [3.05, 3.63) is 50.8 Å². The van der Waals surface area contributed by atoms with Gasteiger partial charge in [-0.2, -0.15) is 15.5 Å². The number of hydrogen-bond donors (Lipinski definition) is 3. The van der Waals surface area contributed by atoms with Gasteiger partial charge in [0.2, 0.25) is 0 Å². The van der Waals surface area contributed by atoms with Crippen LogP contribution in [0.15, 0.2) is 23.1 Å². The second-order valence-electron chi connectivity index (χ2n) is 19.8. The lowest BCUT2D eigenvalue weighted by Gasteiger charge is -2.20. The number of aromatic nitrogens is 5. The van der Waals surface area contributed by atoms with Gasteiger partial charge in [-0.25, -0.2) is 19.3 Å². The van der Waals surface area contributed by atoms with Crippen LogP contribution in [0.25, 0.3) is 33.3 Å². The first-order valence-electron chi connectivity index (χ1n) is 26.2. The molecule has 0 aliphatic heterocycles. The predicted octanol–water partition coefficient (Wildman–Crippen LogP) is 14.9. The van der Waals surface area contributed by atoms with Gasteiger partial charge < -0.3 is 20.1 Å². The Kier molecular flexibility index (Phi) is 22.9. The van der Waals surface area contributed by atoms with Gasteiger partial charge in [0, 0.05) is 30.1 Å². The van der Waals surface area contributed by atoms with Crippen LogP contribution in [0.3, 0.4) is 0 Å². The number of halogens is 2. The van der Waals surface area contributed by atoms with Crippen molar-refractivity contribution in [2.45, 2.75) is 226 Å². The van der Waals surface area contributed by atoms with E-state index in [9.17, 15) is 14.9 Å². The largest absolute Gasteiger partial charge is 0.489 e. The van der Waals surface area contributed by atoms with E-state index in [-0.39, 0.29) is 39.9 Å². The molecule has 14 heteroatoms. The molecule has 1 amide bonds. The molecule has 68 heavy (non-hydrogen) atoms. The highest BCUT2D eigenvalue weighted by atomic mass is 35.5. The Morgan fingerprint density at radius 1 is 0.868 bits per heavy atom. The average molecular weight is 960 g/mol. The van der Waals surface area contributed by atoms with E-state index >= 15 is 4.39 Å². The number of aromatic amines is 1. The zero-order valence-electron chi connectivity index (χ0n) is 41.9. The number of amides is 1. The number of rotatable bonds is 33. The molecule has 3 N–H and O–H groups in total. The van der Waals surface area contributed by atoms with Crippen molar-refractivity contribution >= 4 is 34.3 Å². The SMILES string of the molecule is CCCCCCCCCCCCCCNc1nc(-c2cnn(CCCCCCCCCCCCCC)c2-c2c(F)c(Cl)cc(OC3CC3)c2C#N)cc2c(CNC(=O)OC(C)(C)C)n[nH]c(=O)c12. The number of benzene rings is 1. The highest BCUT2D eigenvalue weighted by Gasteiger charge is 2.31. The van der Waals surface area contributed by atoms with Crippen LogP contribution in [-0.4, -0.2) is 49.3 Å². The topological polar surface area (TPSA) is 160 Å². The van der Waals surface area contributed by atoms with E-state index in [1.165, 1.54) is 115 Å². The highest BCUT2D eigenvalue weighted by molar-refractivity contribution is 6.31. The number of carbonyl (C=O) groups is 1. The lowest BCUT2D eigenvalue weighted by atomic mass is 9.97. The zero-order valence-corrected chi connectivity index (χ0v) is 42.7. The van der Waals surface area contributed by atoms with Gasteiger partial charge in [0.25, 0.3) is 5.56 Å². The molecule has 0 unspecified atom stereocenters. The molecular formula is C54H80ClFN8O4. The number of carbonyl (C=O) groups excluding carboxylic acids is 1. The maximum absolute atomic E-state index is 16.7. The summed E-state index contributed by atoms with van der Waals surface area (Å²) in [4.78, 5) is 31.6. The quantitative estimate of drug-likeness (QED) is 0.0395. The molecule has 0 atom stereocenters. The molecule has 1 aliphatic rings. The van der Waals surface area contributed by atoms with Crippen LogP contribution >= 0.6 is 11.6 Å². The maximum atomic E-state index is 16.7. The molecule has 1 aliphatic carbocycles. The Bertz CT molecular complexity index is 2280. The summed E-state index contributed by atoms with van der Waals surface area (Å²) in [6, 6.07) is 5.35. The monoisotopic (exact) mass is 959 g/mol. The van der Waals surface area contributed by atoms with Crippen molar-refractivity contribution in [1.29, 1.82) is 5.26 Å². The van der Waals surface area contributed by atoms with Crippen LogP contribution in [0.1, 0.15) is 213 Å². The Morgan fingerprint density at radius 3 is 1.97 bits per heavy atom. The van der Waals surface area contributed by atoms with E-state index < -0.39 is 23.1 Å². The molecule has 0 saturated heterocycles. The van der Waals surface area contributed by atoms with E-state index in [1.807, 2.05) is 0 Å². The number of anilines is 1. The number of ether oxygens (including phenoxy) is 2. The van der Waals surface area contributed by atoms with Gasteiger partial charge in [0.05, 0.1) is 51.9 Å². The first kappa shape index (κ1) is 54.2. The number of hydrogen-bond acceptors (Lipinski definition) is 9. The van der Waals surface area contributed by atoms with Crippen LogP contribution in [0.2, 0.25) is 5.02 Å². The molecule has 1 fully saturated rings. The zero-order chi connectivity index (χ0) is 48.7. The van der Waals surface area contributed by atoms with E-state index in [0.29, 0.717) is 46.9 Å². The predicted molar refractivity (Wildman–Crippen MR) is 274 cm³/mol. The van der Waals surface area contributed by atoms with Crippen LogP contribution < -0.4 is 20.9 Å². The number of nitriles is 1. The van der Waals surface area contributed by atoms with Crippen LogP contribution in [-0.2, 0) is 17.8 Å². The first-order valence-corrected chi connectivity index (χ1v) is 26.6. The summed E-state index contributed by atoms with van der Waals surface area (Å²) in [6.45, 7) is 10.8. The smallest absolute Gasteiger partial charge is 0.407 e. The van der Waals surface area contributed by atoms with E-state index in [1.54, 1.807) is 37.7 Å². The second kappa shape index (κ2) is 28.7. The fraction of sp³-hybridized carbons (Fsp3) is 0.667. The number of nitrogens with one attached hydrogen (secondary N) is 3. The van der Waals surface area contributed by atoms with Crippen molar-refractivity contribution in [3.8, 4) is 34.3 Å². The molecule has 0 spiro atoms. The summed E-state index contributed by atoms with van der Waals surface area (Å²) in [5.74, 6) is -0.203. The summed E-state index contributed by atoms with van der Waals surface area (Å²) >= 11 is 6.63. The molecule has 12 nitrogen and oxygen atoms in total. The molecule has 0 radical (unpaired) electrons. The molecule has 1 aromatic carbocycles. The van der Waals surface area contributed by atoms with Gasteiger partial charge in [-0.15, -0.1) is 0 Å². The van der Waals surface area contributed by atoms with Crippen molar-refractivity contribution in [2.75, 3.05) is 11.9 Å². The molecule has 3 heterocycles. The van der Waals surface area contributed by atoms with Gasteiger partial charge in [-0.05, 0) is 52.5 Å². The van der Waals surface area contributed by atoms with Crippen molar-refractivity contribution < 1.29 is 18.7 Å². The average Bonchev–Trinajstić information content (AvgIpc) is 4.03. The first-order chi connectivity index (χ1) is 32.9. The molecule has 4 aromatic rings. The molecule has 0 bridgehead atoms. The van der Waals surface area contributed by atoms with Crippen molar-refractivity contribution in [3.63, 3.8) is 0 Å². The molecule has 5 rings (SSSR count). The fourth-order valence-corrected chi connectivity index (χ4v) is 8.98. The fourth-order valence-electron chi connectivity index (χ4n) is 8.78. The molecule has 1 saturated carbocycles. The van der Waals surface area contributed by atoms with Gasteiger partial charge >= 0.3 is 6.09 Å². The van der Waals surface area contributed by atoms with Gasteiger partial charge in [-0.3, -0.25) is 9.48 Å². The molecular weight excluding hydrogens is 879 g/mol. The normalized spacial score (nSPS) is 12.7. The van der Waals surface area contributed by atoms with Gasteiger partial charge in [0.1, 0.15) is 28.8 Å². The van der Waals surface area contributed by atoms with Crippen molar-refractivity contribution in [1.82, 2.24) is 30.3 Å². The standard InChI is InChI=1S/C54H80ClFN8O4/c1-6-8-10-12-14-16-18-20-22-24-26-28-32-58-51-48-40(45(62-63-52(48)65)38-59-53(66)68-54(3,4)5)34-44(61-51)42-37-60-64(33-29-27-25-23-21-19-17-15-13-11-9-7-2)50(42)47-41(36-57)46(67-39-30-31-39)35-43(55)49(47)56/h34-35,37,39H,6-33,38H2,1-5H3,(H,58,61)(H,59,66)(H,63,65). The van der Waals surface area contributed by atoms with Crippen LogP contribution in [0, 0.1) is 17.1 Å². The maximum Gasteiger partial charge on any atom is 0.407 e. The Labute approximate surface area is 410 Å². The number of unbranched alkanes of at least 4 members (excludes halogenated alkanes) is 22. The lowest BCUT2D eigenvalue weighted by Crippen LogP contribution is -2.32. The Morgan fingerprint density at radius 2 is 1.43 bits per heavy atom. The summed E-state index contributed by atoms with van der Waals surface area (Å²) < 4.78 is 30.1. The van der Waals surface area contributed by atoms with E-state index in [2.05, 4.69) is 40.7 Å². The number of nitrogens with zero attached hydrogens (tertiary/aromatic N) is 5. The van der Waals surface area contributed by atoms with E-state index in [0.717, 1.165) is 57.8 Å². The summed E-state index contributed by atoms with van der Waals surface area (Å²) in [5.41, 5.74) is 0.390.